The standard InChI is InChI=1S/C39H31BN3O/c1-40-44-43(36-26-22-34(23-27-36)41-38(30-14-6-2-7-15-30)31-16-8-3-9-17-31)37-28-24-35(25-29-37)42-39(32-18-10-4-11-19-32)33-20-12-5-13-21-33/h2-29H,1H3. The summed E-state index contributed by atoms with van der Waals surface area (Å²) < 4.78 is 5.97. The average Bonchev–Trinajstić information content (AvgIpc) is 3.11. The van der Waals surface area contributed by atoms with Crippen molar-refractivity contribution in [3.63, 3.8) is 0 Å². The first-order valence-electron chi connectivity index (χ1n) is 14.6. The molecular weight excluding hydrogens is 537 g/mol. The fourth-order valence-electron chi connectivity index (χ4n) is 4.94. The quantitative estimate of drug-likeness (QED) is 0.0937. The molecule has 0 aliphatic heterocycles. The van der Waals surface area contributed by atoms with Crippen LogP contribution in [0.3, 0.4) is 0 Å². The van der Waals surface area contributed by atoms with Gasteiger partial charge in [0.25, 0.3) is 0 Å². The maximum Gasteiger partial charge on any atom is 0.331 e. The van der Waals surface area contributed by atoms with Crippen LogP contribution in [0.15, 0.2) is 180 Å². The van der Waals surface area contributed by atoms with Crippen LogP contribution < -0.4 is 5.06 Å². The molecule has 1 radical (unpaired) electrons. The van der Waals surface area contributed by atoms with E-state index in [0.717, 1.165) is 56.4 Å². The van der Waals surface area contributed by atoms with Gasteiger partial charge in [-0.15, -0.1) is 0 Å². The van der Waals surface area contributed by atoms with E-state index in [9.17, 15) is 0 Å². The zero-order valence-corrected chi connectivity index (χ0v) is 24.5. The summed E-state index contributed by atoms with van der Waals surface area (Å²) >= 11 is 0. The van der Waals surface area contributed by atoms with E-state index in [1.165, 1.54) is 0 Å². The van der Waals surface area contributed by atoms with E-state index in [1.807, 2.05) is 128 Å². The zero-order chi connectivity index (χ0) is 30.0. The Morgan fingerprint density at radius 2 is 0.727 bits per heavy atom. The first-order chi connectivity index (χ1) is 21.8. The third kappa shape index (κ3) is 6.92. The Bertz CT molecular complexity index is 1600. The van der Waals surface area contributed by atoms with Crippen LogP contribution in [0.25, 0.3) is 0 Å². The Labute approximate surface area is 259 Å². The first-order valence-corrected chi connectivity index (χ1v) is 14.6. The lowest BCUT2D eigenvalue weighted by Crippen LogP contribution is -2.18. The van der Waals surface area contributed by atoms with Crippen molar-refractivity contribution < 1.29 is 4.76 Å². The number of rotatable bonds is 10. The second-order valence-electron chi connectivity index (χ2n) is 10.1. The van der Waals surface area contributed by atoms with Crippen LogP contribution in [0.2, 0.25) is 6.82 Å². The van der Waals surface area contributed by atoms with Gasteiger partial charge in [-0.3, -0.25) is 0 Å². The molecule has 6 aromatic rings. The van der Waals surface area contributed by atoms with Crippen LogP contribution in [0.5, 0.6) is 0 Å². The van der Waals surface area contributed by atoms with E-state index < -0.39 is 0 Å². The molecule has 44 heavy (non-hydrogen) atoms. The van der Waals surface area contributed by atoms with Gasteiger partial charge in [0.05, 0.1) is 34.2 Å². The molecule has 6 rings (SSSR count). The maximum absolute atomic E-state index is 5.97. The Morgan fingerprint density at radius 1 is 0.432 bits per heavy atom. The van der Waals surface area contributed by atoms with Crippen LogP contribution in [0, 0.1) is 0 Å². The molecule has 0 saturated carbocycles. The lowest BCUT2D eigenvalue weighted by atomic mass is 10.0. The Hall–Kier alpha value is -5.52. The van der Waals surface area contributed by atoms with Gasteiger partial charge in [-0.2, -0.15) is 0 Å². The van der Waals surface area contributed by atoms with Crippen molar-refractivity contribution in [1.82, 2.24) is 0 Å². The normalized spacial score (nSPS) is 10.5. The van der Waals surface area contributed by atoms with Crippen molar-refractivity contribution >= 4 is 41.7 Å². The SMILES string of the molecule is C[B]ON(c1ccc(N=C(c2ccccc2)c2ccccc2)cc1)c1ccc(N=C(c2ccccc2)c2ccccc2)cc1. The smallest absolute Gasteiger partial charge is 0.331 e. The lowest BCUT2D eigenvalue weighted by molar-refractivity contribution is 0.346. The summed E-state index contributed by atoms with van der Waals surface area (Å²) in [6, 6.07) is 57.2. The van der Waals surface area contributed by atoms with Gasteiger partial charge < -0.3 is 4.76 Å². The van der Waals surface area contributed by atoms with E-state index in [-0.39, 0.29) is 0 Å². The van der Waals surface area contributed by atoms with E-state index in [2.05, 4.69) is 48.5 Å². The highest BCUT2D eigenvalue weighted by Crippen LogP contribution is 2.30. The third-order valence-corrected chi connectivity index (χ3v) is 7.05. The topological polar surface area (TPSA) is 37.2 Å². The van der Waals surface area contributed by atoms with Gasteiger partial charge in [-0.1, -0.05) is 128 Å². The molecule has 0 N–H and O–H groups in total. The molecule has 0 spiro atoms. The van der Waals surface area contributed by atoms with Gasteiger partial charge in [-0.25, -0.2) is 15.0 Å². The van der Waals surface area contributed by atoms with Gasteiger partial charge >= 0.3 is 7.48 Å². The molecule has 0 bridgehead atoms. The van der Waals surface area contributed by atoms with Crippen molar-refractivity contribution in [3.05, 3.63) is 192 Å². The highest BCUT2D eigenvalue weighted by atomic mass is 16.6. The number of hydrogen-bond acceptors (Lipinski definition) is 4. The van der Waals surface area contributed by atoms with Crippen LogP contribution in [0.1, 0.15) is 22.3 Å². The van der Waals surface area contributed by atoms with Crippen molar-refractivity contribution in [3.8, 4) is 0 Å². The predicted octanol–water partition coefficient (Wildman–Crippen LogP) is 9.76. The highest BCUT2D eigenvalue weighted by molar-refractivity contribution is 6.25. The number of anilines is 2. The summed E-state index contributed by atoms with van der Waals surface area (Å²) in [5.41, 5.74) is 9.61. The van der Waals surface area contributed by atoms with Crippen LogP contribution in [-0.2, 0) is 4.76 Å². The number of nitrogens with zero attached hydrogens (tertiary/aromatic N) is 3. The van der Waals surface area contributed by atoms with Crippen molar-refractivity contribution in [2.75, 3.05) is 5.06 Å². The Morgan fingerprint density at radius 3 is 1.00 bits per heavy atom. The van der Waals surface area contributed by atoms with Crippen molar-refractivity contribution in [2.45, 2.75) is 6.82 Å². The summed E-state index contributed by atoms with van der Waals surface area (Å²) in [6.07, 6.45) is 0. The minimum atomic E-state index is 0.857. The fourth-order valence-corrected chi connectivity index (χ4v) is 4.94. The van der Waals surface area contributed by atoms with Gasteiger partial charge in [0, 0.05) is 22.3 Å². The molecule has 4 nitrogen and oxygen atoms in total. The molecule has 0 aliphatic carbocycles. The van der Waals surface area contributed by atoms with Gasteiger partial charge in [0.1, 0.15) is 0 Å². The number of aliphatic imine (C=N–C) groups is 2. The Kier molecular flexibility index (Phi) is 9.17. The highest BCUT2D eigenvalue weighted by Gasteiger charge is 2.12. The molecular formula is C39H31BN3O. The predicted molar refractivity (Wildman–Crippen MR) is 184 cm³/mol. The Balaban J connectivity index is 1.28. The molecule has 0 heterocycles. The van der Waals surface area contributed by atoms with Crippen molar-refractivity contribution in [2.24, 2.45) is 9.98 Å². The van der Waals surface area contributed by atoms with E-state index >= 15 is 0 Å². The summed E-state index contributed by atoms with van der Waals surface area (Å²) in [6.45, 7) is 1.86. The molecule has 0 aromatic heterocycles. The monoisotopic (exact) mass is 568 g/mol. The summed E-state index contributed by atoms with van der Waals surface area (Å²) in [5.74, 6) is 0. The molecule has 0 fully saturated rings. The molecule has 6 aromatic carbocycles. The number of hydrogen-bond donors (Lipinski definition) is 0. The van der Waals surface area contributed by atoms with E-state index in [4.69, 9.17) is 14.7 Å². The third-order valence-electron chi connectivity index (χ3n) is 7.05. The minimum Gasteiger partial charge on any atom is -0.340 e. The lowest BCUT2D eigenvalue weighted by Gasteiger charge is -2.24. The van der Waals surface area contributed by atoms with Crippen LogP contribution in [0.4, 0.5) is 22.7 Å². The molecule has 0 atom stereocenters. The second-order valence-corrected chi connectivity index (χ2v) is 10.1. The number of benzene rings is 6. The van der Waals surface area contributed by atoms with Crippen molar-refractivity contribution in [1.29, 1.82) is 0 Å². The molecule has 5 heteroatoms. The van der Waals surface area contributed by atoms with Gasteiger partial charge in [-0.05, 0) is 48.5 Å². The minimum absolute atomic E-state index is 0.857. The van der Waals surface area contributed by atoms with Crippen LogP contribution in [-0.4, -0.2) is 18.9 Å². The molecule has 0 amide bonds. The maximum atomic E-state index is 5.97. The molecule has 211 valence electrons. The zero-order valence-electron chi connectivity index (χ0n) is 24.5. The first kappa shape index (κ1) is 28.6. The van der Waals surface area contributed by atoms with E-state index in [0.29, 0.717) is 0 Å². The summed E-state index contributed by atoms with van der Waals surface area (Å²) in [7, 11) is 1.67. The summed E-state index contributed by atoms with van der Waals surface area (Å²) in [5, 5.41) is 1.80. The van der Waals surface area contributed by atoms with Gasteiger partial charge in [0.2, 0.25) is 0 Å². The largest absolute Gasteiger partial charge is 0.340 e. The van der Waals surface area contributed by atoms with E-state index in [1.54, 1.807) is 12.5 Å². The fraction of sp³-hybridized carbons (Fsp3) is 0.0256. The van der Waals surface area contributed by atoms with Gasteiger partial charge in [0.15, 0.2) is 0 Å². The molecule has 0 unspecified atom stereocenters. The average molecular weight is 569 g/mol. The summed E-state index contributed by atoms with van der Waals surface area (Å²) in [4.78, 5) is 10.1. The van der Waals surface area contributed by atoms with Crippen LogP contribution >= 0.6 is 0 Å². The molecule has 0 saturated heterocycles. The second kappa shape index (κ2) is 14.1. The molecule has 0 aliphatic rings.